The predicted octanol–water partition coefficient (Wildman–Crippen LogP) is 4.93. The lowest BCUT2D eigenvalue weighted by atomic mass is 9.97. The van der Waals surface area contributed by atoms with Crippen LogP contribution in [0.4, 0.5) is 0 Å². The number of benzene rings is 2. The van der Waals surface area contributed by atoms with Crippen LogP contribution in [0.15, 0.2) is 48.7 Å². The first-order valence-corrected chi connectivity index (χ1v) is 9.48. The van der Waals surface area contributed by atoms with E-state index < -0.39 is 11.0 Å². The number of carbonyl (C=O) groups is 2. The summed E-state index contributed by atoms with van der Waals surface area (Å²) in [6.07, 6.45) is 1.85. The molecule has 0 fully saturated rings. The molecule has 0 aliphatic rings. The van der Waals surface area contributed by atoms with Gasteiger partial charge in [0.05, 0.1) is 22.2 Å². The molecule has 0 N–H and O–H groups in total. The summed E-state index contributed by atoms with van der Waals surface area (Å²) in [6, 6.07) is 12.4. The smallest absolute Gasteiger partial charge is 0.338 e. The second kappa shape index (κ2) is 7.35. The van der Waals surface area contributed by atoms with Crippen molar-refractivity contribution in [2.45, 2.75) is 47.1 Å². The molecule has 0 amide bonds. The molecule has 3 rings (SSSR count). The minimum atomic E-state index is -0.574. The number of hydrogen-bond donors (Lipinski definition) is 0. The number of hydrogen-bond acceptors (Lipinski definition) is 5. The van der Waals surface area contributed by atoms with Crippen molar-refractivity contribution < 1.29 is 19.1 Å². The zero-order valence-corrected chi connectivity index (χ0v) is 17.6. The van der Waals surface area contributed by atoms with E-state index in [9.17, 15) is 9.59 Å². The number of nitrogens with zero attached hydrogens (tertiary/aromatic N) is 2. The molecule has 3 aromatic rings. The van der Waals surface area contributed by atoms with E-state index in [1.165, 1.54) is 0 Å². The molecular formula is C23H26N2O4. The Kier molecular flexibility index (Phi) is 5.22. The van der Waals surface area contributed by atoms with Crippen molar-refractivity contribution in [1.82, 2.24) is 9.78 Å². The number of carbonyl (C=O) groups excluding carboxylic acids is 2. The molecule has 0 unspecified atom stereocenters. The Morgan fingerprint density at radius 3 is 2.17 bits per heavy atom. The van der Waals surface area contributed by atoms with Gasteiger partial charge in [0.25, 0.3) is 0 Å². The van der Waals surface area contributed by atoms with Crippen LogP contribution in [0.5, 0.6) is 5.75 Å². The van der Waals surface area contributed by atoms with Crippen molar-refractivity contribution in [1.29, 1.82) is 0 Å². The van der Waals surface area contributed by atoms with Crippen LogP contribution >= 0.6 is 0 Å². The molecule has 6 heteroatoms. The van der Waals surface area contributed by atoms with Gasteiger partial charge in [-0.05, 0) is 84.0 Å². The predicted molar refractivity (Wildman–Crippen MR) is 111 cm³/mol. The molecule has 0 saturated heterocycles. The Balaban J connectivity index is 1.81. The highest BCUT2D eigenvalue weighted by molar-refractivity contribution is 5.90. The third kappa shape index (κ3) is 5.02. The molecule has 0 radical (unpaired) electrons. The molecule has 1 aromatic heterocycles. The summed E-state index contributed by atoms with van der Waals surface area (Å²) < 4.78 is 12.6. The molecule has 0 aliphatic heterocycles. The second-order valence-corrected chi connectivity index (χ2v) is 8.98. The molecule has 1 heterocycles. The average Bonchev–Trinajstić information content (AvgIpc) is 3.03. The topological polar surface area (TPSA) is 70.4 Å². The zero-order valence-electron chi connectivity index (χ0n) is 17.6. The van der Waals surface area contributed by atoms with Crippen LogP contribution in [0.1, 0.15) is 51.9 Å². The number of ether oxygens (including phenoxy) is 2. The molecule has 0 saturated carbocycles. The van der Waals surface area contributed by atoms with Crippen molar-refractivity contribution in [2.75, 3.05) is 0 Å². The van der Waals surface area contributed by atoms with Gasteiger partial charge in [0.1, 0.15) is 11.4 Å². The molecule has 0 aliphatic carbocycles. The van der Waals surface area contributed by atoms with Crippen LogP contribution in [-0.4, -0.2) is 27.3 Å². The van der Waals surface area contributed by atoms with E-state index in [4.69, 9.17) is 9.47 Å². The molecule has 0 spiro atoms. The first kappa shape index (κ1) is 20.6. The summed E-state index contributed by atoms with van der Waals surface area (Å²) in [5.41, 5.74) is 0.953. The summed E-state index contributed by atoms with van der Waals surface area (Å²) in [5, 5.41) is 5.39. The lowest BCUT2D eigenvalue weighted by molar-refractivity contribution is -0.142. The fourth-order valence-corrected chi connectivity index (χ4v) is 2.55. The SMILES string of the molecule is CC(C)(C)OC(=O)c1ccc(-n2cc3cc(OC(=O)C(C)(C)C)ccc3n2)cc1. The Morgan fingerprint density at radius 2 is 1.59 bits per heavy atom. The number of esters is 2. The molecule has 152 valence electrons. The molecule has 6 nitrogen and oxygen atoms in total. The van der Waals surface area contributed by atoms with Crippen LogP contribution < -0.4 is 4.74 Å². The van der Waals surface area contributed by atoms with Gasteiger partial charge in [0, 0.05) is 11.6 Å². The molecule has 29 heavy (non-hydrogen) atoms. The molecule has 2 aromatic carbocycles. The van der Waals surface area contributed by atoms with Crippen molar-refractivity contribution in [3.05, 3.63) is 54.2 Å². The van der Waals surface area contributed by atoms with Crippen molar-refractivity contribution >= 4 is 22.8 Å². The van der Waals surface area contributed by atoms with Crippen LogP contribution in [0.3, 0.4) is 0 Å². The van der Waals surface area contributed by atoms with Crippen molar-refractivity contribution in [3.8, 4) is 11.4 Å². The fourth-order valence-electron chi connectivity index (χ4n) is 2.55. The van der Waals surface area contributed by atoms with E-state index in [2.05, 4.69) is 5.10 Å². The molecule has 0 bridgehead atoms. The van der Waals surface area contributed by atoms with E-state index >= 15 is 0 Å². The zero-order chi connectivity index (χ0) is 21.4. The van der Waals surface area contributed by atoms with Crippen LogP contribution in [0.2, 0.25) is 0 Å². The third-order valence-electron chi connectivity index (χ3n) is 4.07. The van der Waals surface area contributed by atoms with Crippen LogP contribution in [0.25, 0.3) is 16.6 Å². The maximum Gasteiger partial charge on any atom is 0.338 e. The van der Waals surface area contributed by atoms with E-state index in [-0.39, 0.29) is 11.9 Å². The highest BCUT2D eigenvalue weighted by Gasteiger charge is 2.24. The Labute approximate surface area is 170 Å². The Bertz CT molecular complexity index is 1050. The van der Waals surface area contributed by atoms with Gasteiger partial charge in [0.15, 0.2) is 0 Å². The highest BCUT2D eigenvalue weighted by atomic mass is 16.6. The summed E-state index contributed by atoms with van der Waals surface area (Å²) >= 11 is 0. The molecular weight excluding hydrogens is 368 g/mol. The monoisotopic (exact) mass is 394 g/mol. The first-order valence-electron chi connectivity index (χ1n) is 9.48. The van der Waals surface area contributed by atoms with Crippen molar-refractivity contribution in [3.63, 3.8) is 0 Å². The minimum absolute atomic E-state index is 0.290. The summed E-state index contributed by atoms with van der Waals surface area (Å²) in [4.78, 5) is 24.2. The highest BCUT2D eigenvalue weighted by Crippen LogP contribution is 2.24. The van der Waals surface area contributed by atoms with Gasteiger partial charge in [-0.1, -0.05) is 0 Å². The van der Waals surface area contributed by atoms with Gasteiger partial charge < -0.3 is 9.47 Å². The van der Waals surface area contributed by atoms with Gasteiger partial charge in [-0.3, -0.25) is 4.79 Å². The quantitative estimate of drug-likeness (QED) is 0.465. The van der Waals surface area contributed by atoms with E-state index in [1.54, 1.807) is 28.9 Å². The number of aromatic nitrogens is 2. The standard InChI is InChI=1S/C23H26N2O4/c1-22(2,3)21(27)28-18-11-12-19-16(13-18)14-25(24-19)17-9-7-15(8-10-17)20(26)29-23(4,5)6/h7-14H,1-6H3. The fraction of sp³-hybridized carbons (Fsp3) is 0.348. The minimum Gasteiger partial charge on any atom is -0.456 e. The second-order valence-electron chi connectivity index (χ2n) is 8.98. The summed E-state index contributed by atoms with van der Waals surface area (Å²) in [6.45, 7) is 10.9. The van der Waals surface area contributed by atoms with Gasteiger partial charge in [-0.15, -0.1) is 0 Å². The van der Waals surface area contributed by atoms with E-state index in [1.807, 2.05) is 65.9 Å². The maximum absolute atomic E-state index is 12.2. The van der Waals surface area contributed by atoms with E-state index in [0.29, 0.717) is 11.3 Å². The lowest BCUT2D eigenvalue weighted by Crippen LogP contribution is -2.25. The van der Waals surface area contributed by atoms with Crippen LogP contribution in [-0.2, 0) is 9.53 Å². The first-order chi connectivity index (χ1) is 13.4. The summed E-state index contributed by atoms with van der Waals surface area (Å²) in [5.74, 6) is -0.167. The number of fused-ring (bicyclic) bond motifs is 1. The lowest BCUT2D eigenvalue weighted by Gasteiger charge is -2.19. The largest absolute Gasteiger partial charge is 0.456 e. The average molecular weight is 394 g/mol. The Morgan fingerprint density at radius 1 is 0.931 bits per heavy atom. The maximum atomic E-state index is 12.2. The third-order valence-corrected chi connectivity index (χ3v) is 4.07. The molecule has 0 atom stereocenters. The van der Waals surface area contributed by atoms with Gasteiger partial charge in [-0.25, -0.2) is 9.48 Å². The van der Waals surface area contributed by atoms with Crippen molar-refractivity contribution in [2.24, 2.45) is 5.41 Å². The number of rotatable bonds is 3. The van der Waals surface area contributed by atoms with Crippen LogP contribution in [0, 0.1) is 5.41 Å². The van der Waals surface area contributed by atoms with Gasteiger partial charge in [0.2, 0.25) is 0 Å². The van der Waals surface area contributed by atoms with Gasteiger partial charge in [-0.2, -0.15) is 5.10 Å². The normalized spacial score (nSPS) is 12.1. The van der Waals surface area contributed by atoms with Gasteiger partial charge >= 0.3 is 11.9 Å². The Hall–Kier alpha value is -3.15. The van der Waals surface area contributed by atoms with E-state index in [0.717, 1.165) is 16.6 Å². The summed E-state index contributed by atoms with van der Waals surface area (Å²) in [7, 11) is 0.